The fourth-order valence-corrected chi connectivity index (χ4v) is 1.50. The second kappa shape index (κ2) is 4.33. The van der Waals surface area contributed by atoms with Gasteiger partial charge >= 0.3 is 0 Å². The number of nitrogens with zero attached hydrogens (tertiary/aromatic N) is 3. The summed E-state index contributed by atoms with van der Waals surface area (Å²) in [5.41, 5.74) is 1.36. The molecule has 6 nitrogen and oxygen atoms in total. The lowest BCUT2D eigenvalue weighted by Crippen LogP contribution is -1.83. The molecule has 90 valence electrons. The lowest BCUT2D eigenvalue weighted by atomic mass is 10.2. The van der Waals surface area contributed by atoms with Crippen LogP contribution in [0, 0.1) is 0 Å². The molecule has 2 heterocycles. The molecule has 0 saturated carbocycles. The van der Waals surface area contributed by atoms with E-state index in [-0.39, 0.29) is 0 Å². The van der Waals surface area contributed by atoms with Crippen molar-refractivity contribution in [2.24, 2.45) is 0 Å². The van der Waals surface area contributed by atoms with Crippen LogP contribution in [0.3, 0.4) is 0 Å². The molecule has 0 aliphatic rings. The van der Waals surface area contributed by atoms with Gasteiger partial charge in [0.2, 0.25) is 5.82 Å². The maximum atomic E-state index is 5.16. The minimum atomic E-state index is 0.398. The molecule has 0 aliphatic heterocycles. The average molecular weight is 243 g/mol. The third-order valence-electron chi connectivity index (χ3n) is 2.42. The van der Waals surface area contributed by atoms with Gasteiger partial charge < -0.3 is 13.7 Å². The Morgan fingerprint density at radius 3 is 2.67 bits per heavy atom. The Hall–Kier alpha value is -2.63. The Balaban J connectivity index is 1.92. The molecule has 3 aromatic rings. The van der Waals surface area contributed by atoms with E-state index in [2.05, 4.69) is 15.1 Å². The van der Waals surface area contributed by atoms with Crippen molar-refractivity contribution in [1.29, 1.82) is 0 Å². The van der Waals surface area contributed by atoms with Crippen molar-refractivity contribution in [2.75, 3.05) is 7.11 Å². The summed E-state index contributed by atoms with van der Waals surface area (Å²) < 4.78 is 15.1. The van der Waals surface area contributed by atoms with Crippen molar-refractivity contribution in [1.82, 2.24) is 15.1 Å². The SMILES string of the molecule is COc1ccc(-c2nc(-c3cocn3)no2)cc1. The molecule has 0 atom stereocenters. The first-order valence-electron chi connectivity index (χ1n) is 5.23. The quantitative estimate of drug-likeness (QED) is 0.703. The van der Waals surface area contributed by atoms with E-state index in [9.17, 15) is 0 Å². The number of aromatic nitrogens is 3. The van der Waals surface area contributed by atoms with Crippen LogP contribution in [-0.2, 0) is 0 Å². The fourth-order valence-electron chi connectivity index (χ4n) is 1.50. The summed E-state index contributed by atoms with van der Waals surface area (Å²) in [5.74, 6) is 1.60. The van der Waals surface area contributed by atoms with E-state index in [0.29, 0.717) is 17.4 Å². The molecular formula is C12H9N3O3. The van der Waals surface area contributed by atoms with Crippen molar-refractivity contribution in [3.63, 3.8) is 0 Å². The van der Waals surface area contributed by atoms with Gasteiger partial charge in [-0.25, -0.2) is 4.98 Å². The van der Waals surface area contributed by atoms with E-state index in [1.807, 2.05) is 24.3 Å². The third-order valence-corrected chi connectivity index (χ3v) is 2.42. The van der Waals surface area contributed by atoms with Crippen LogP contribution in [-0.4, -0.2) is 22.2 Å². The molecule has 0 unspecified atom stereocenters. The minimum absolute atomic E-state index is 0.398. The van der Waals surface area contributed by atoms with Gasteiger partial charge in [0.05, 0.1) is 7.11 Å². The number of hydrogen-bond donors (Lipinski definition) is 0. The number of rotatable bonds is 3. The van der Waals surface area contributed by atoms with E-state index in [1.54, 1.807) is 7.11 Å². The van der Waals surface area contributed by atoms with E-state index in [4.69, 9.17) is 13.7 Å². The Morgan fingerprint density at radius 1 is 1.17 bits per heavy atom. The van der Waals surface area contributed by atoms with Crippen molar-refractivity contribution in [3.8, 4) is 28.7 Å². The fraction of sp³-hybridized carbons (Fsp3) is 0.0833. The van der Waals surface area contributed by atoms with Crippen LogP contribution in [0.25, 0.3) is 23.0 Å². The van der Waals surface area contributed by atoms with Gasteiger partial charge in [0.25, 0.3) is 5.89 Å². The Bertz CT molecular complexity index is 629. The molecule has 0 amide bonds. The largest absolute Gasteiger partial charge is 0.497 e. The summed E-state index contributed by atoms with van der Waals surface area (Å²) >= 11 is 0. The van der Waals surface area contributed by atoms with Crippen molar-refractivity contribution >= 4 is 0 Å². The highest BCUT2D eigenvalue weighted by atomic mass is 16.5. The van der Waals surface area contributed by atoms with Crippen LogP contribution in [0.2, 0.25) is 0 Å². The van der Waals surface area contributed by atoms with Crippen molar-refractivity contribution in [2.45, 2.75) is 0 Å². The summed E-state index contributed by atoms with van der Waals surface area (Å²) in [4.78, 5) is 8.19. The van der Waals surface area contributed by atoms with E-state index >= 15 is 0 Å². The first kappa shape index (κ1) is 10.5. The summed E-state index contributed by atoms with van der Waals surface area (Å²) in [6, 6.07) is 7.35. The molecule has 6 heteroatoms. The maximum Gasteiger partial charge on any atom is 0.258 e. The normalized spacial score (nSPS) is 10.5. The molecule has 0 saturated heterocycles. The lowest BCUT2D eigenvalue weighted by molar-refractivity contribution is 0.414. The van der Waals surface area contributed by atoms with Crippen LogP contribution in [0.4, 0.5) is 0 Å². The van der Waals surface area contributed by atoms with E-state index < -0.39 is 0 Å². The van der Waals surface area contributed by atoms with Crippen molar-refractivity contribution in [3.05, 3.63) is 36.9 Å². The van der Waals surface area contributed by atoms with E-state index in [1.165, 1.54) is 12.7 Å². The van der Waals surface area contributed by atoms with Crippen LogP contribution in [0.15, 0.2) is 45.9 Å². The Kier molecular flexibility index (Phi) is 2.53. The summed E-state index contributed by atoms with van der Waals surface area (Å²) in [5, 5.41) is 3.84. The van der Waals surface area contributed by atoms with Crippen LogP contribution >= 0.6 is 0 Å². The molecule has 2 aromatic heterocycles. The number of ether oxygens (including phenoxy) is 1. The zero-order chi connectivity index (χ0) is 12.4. The number of oxazole rings is 1. The highest BCUT2D eigenvalue weighted by molar-refractivity contribution is 5.57. The lowest BCUT2D eigenvalue weighted by Gasteiger charge is -1.98. The smallest absolute Gasteiger partial charge is 0.258 e. The molecule has 0 aliphatic carbocycles. The summed E-state index contributed by atoms with van der Waals surface area (Å²) in [6.07, 6.45) is 2.78. The first-order valence-corrected chi connectivity index (χ1v) is 5.23. The Morgan fingerprint density at radius 2 is 2.00 bits per heavy atom. The summed E-state index contributed by atoms with van der Waals surface area (Å²) in [7, 11) is 1.62. The third kappa shape index (κ3) is 1.84. The van der Waals surface area contributed by atoms with E-state index in [0.717, 1.165) is 11.3 Å². The first-order chi connectivity index (χ1) is 8.86. The highest BCUT2D eigenvalue weighted by Crippen LogP contribution is 2.23. The van der Waals surface area contributed by atoms with Crippen LogP contribution in [0.1, 0.15) is 0 Å². The molecule has 1 aromatic carbocycles. The number of methoxy groups -OCH3 is 1. The van der Waals surface area contributed by atoms with Gasteiger partial charge in [0.15, 0.2) is 6.39 Å². The molecule has 0 spiro atoms. The van der Waals surface area contributed by atoms with Gasteiger partial charge in [-0.2, -0.15) is 4.98 Å². The van der Waals surface area contributed by atoms with Gasteiger partial charge in [-0.05, 0) is 24.3 Å². The van der Waals surface area contributed by atoms with Gasteiger partial charge in [-0.15, -0.1) is 0 Å². The van der Waals surface area contributed by atoms with Gasteiger partial charge in [-0.1, -0.05) is 5.16 Å². The standard InChI is InChI=1S/C12H9N3O3/c1-16-9-4-2-8(3-5-9)12-14-11(15-18-12)10-6-17-7-13-10/h2-7H,1H3. The van der Waals surface area contributed by atoms with Crippen molar-refractivity contribution < 1.29 is 13.7 Å². The average Bonchev–Trinajstić information content (AvgIpc) is 3.09. The molecular weight excluding hydrogens is 234 g/mol. The molecule has 18 heavy (non-hydrogen) atoms. The number of hydrogen-bond acceptors (Lipinski definition) is 6. The topological polar surface area (TPSA) is 74.2 Å². The highest BCUT2D eigenvalue weighted by Gasteiger charge is 2.12. The predicted octanol–water partition coefficient (Wildman–Crippen LogP) is 2.40. The minimum Gasteiger partial charge on any atom is -0.497 e. The molecule has 3 rings (SSSR count). The van der Waals surface area contributed by atoms with Crippen LogP contribution < -0.4 is 4.74 Å². The van der Waals surface area contributed by atoms with Gasteiger partial charge in [0, 0.05) is 5.56 Å². The molecule has 0 N–H and O–H groups in total. The second-order valence-electron chi connectivity index (χ2n) is 3.53. The monoisotopic (exact) mass is 243 g/mol. The molecule has 0 radical (unpaired) electrons. The van der Waals surface area contributed by atoms with Gasteiger partial charge in [-0.3, -0.25) is 0 Å². The molecule has 0 fully saturated rings. The van der Waals surface area contributed by atoms with Gasteiger partial charge in [0.1, 0.15) is 17.7 Å². The zero-order valence-electron chi connectivity index (χ0n) is 9.53. The van der Waals surface area contributed by atoms with Crippen LogP contribution in [0.5, 0.6) is 5.75 Å². The second-order valence-corrected chi connectivity index (χ2v) is 3.53. The maximum absolute atomic E-state index is 5.16. The zero-order valence-corrected chi connectivity index (χ0v) is 9.53. The Labute approximate surface area is 102 Å². The summed E-state index contributed by atoms with van der Waals surface area (Å²) in [6.45, 7) is 0. The molecule has 0 bridgehead atoms. The number of benzene rings is 1. The predicted molar refractivity (Wildman–Crippen MR) is 61.8 cm³/mol.